The number of morpholine rings is 1. The summed E-state index contributed by atoms with van der Waals surface area (Å²) in [5.41, 5.74) is 7.13. The van der Waals surface area contributed by atoms with Crippen molar-refractivity contribution in [3.63, 3.8) is 0 Å². The quantitative estimate of drug-likeness (QED) is 0.907. The lowest BCUT2D eigenvalue weighted by atomic mass is 9.90. The minimum absolute atomic E-state index is 0.0469. The average Bonchev–Trinajstić information content (AvgIpc) is 2.42. The zero-order valence-corrected chi connectivity index (χ0v) is 11.6. The van der Waals surface area contributed by atoms with Crippen LogP contribution in [-0.4, -0.2) is 43.3 Å². The summed E-state index contributed by atoms with van der Waals surface area (Å²) in [5.74, 6) is 0. The van der Waals surface area contributed by atoms with Gasteiger partial charge in [0, 0.05) is 30.2 Å². The van der Waals surface area contributed by atoms with E-state index in [1.165, 1.54) is 5.56 Å². The van der Waals surface area contributed by atoms with Gasteiger partial charge in [-0.25, -0.2) is 0 Å². The molecule has 0 amide bonds. The van der Waals surface area contributed by atoms with Gasteiger partial charge in [-0.05, 0) is 25.0 Å². The predicted molar refractivity (Wildman–Crippen MR) is 75.0 cm³/mol. The lowest BCUT2D eigenvalue weighted by Crippen LogP contribution is -2.56. The van der Waals surface area contributed by atoms with E-state index in [-0.39, 0.29) is 5.54 Å². The van der Waals surface area contributed by atoms with Crippen LogP contribution in [0, 0.1) is 0 Å². The van der Waals surface area contributed by atoms with Gasteiger partial charge < -0.3 is 10.5 Å². The molecule has 0 spiro atoms. The molecule has 2 rings (SSSR count). The minimum atomic E-state index is -0.0469. The second-order valence-electron chi connectivity index (χ2n) is 5.07. The Bertz CT molecular complexity index is 393. The summed E-state index contributed by atoms with van der Waals surface area (Å²) in [5, 5.41) is 0.824. The molecule has 1 atom stereocenters. The third kappa shape index (κ3) is 3.04. The van der Waals surface area contributed by atoms with Crippen molar-refractivity contribution >= 4 is 11.6 Å². The number of benzene rings is 1. The summed E-state index contributed by atoms with van der Waals surface area (Å²) in [6.07, 6.45) is 0.878. The lowest BCUT2D eigenvalue weighted by Gasteiger charge is -2.43. The molecule has 1 heterocycles. The molecule has 0 bridgehead atoms. The van der Waals surface area contributed by atoms with Crippen molar-refractivity contribution in [2.45, 2.75) is 18.9 Å². The molecule has 0 aromatic heterocycles. The fourth-order valence-electron chi connectivity index (χ4n) is 2.47. The Hall–Kier alpha value is -0.610. The first-order chi connectivity index (χ1) is 8.65. The van der Waals surface area contributed by atoms with E-state index in [2.05, 4.69) is 17.9 Å². The Kier molecular flexibility index (Phi) is 4.62. The lowest BCUT2D eigenvalue weighted by molar-refractivity contribution is -0.0132. The number of ether oxygens (including phenoxy) is 1. The fourth-order valence-corrected chi connectivity index (χ4v) is 2.67. The molecular formula is C14H21ClN2O. The molecular weight excluding hydrogens is 248 g/mol. The standard InChI is InChI=1S/C14H21ClN2O/c1-14(11-16,17-6-8-18-9-7-17)10-12-4-2-3-5-13(12)15/h2-5H,6-11,16H2,1H3. The van der Waals surface area contributed by atoms with E-state index in [0.717, 1.165) is 37.7 Å². The Labute approximate surface area is 114 Å². The van der Waals surface area contributed by atoms with Gasteiger partial charge in [0.1, 0.15) is 0 Å². The summed E-state index contributed by atoms with van der Waals surface area (Å²) >= 11 is 6.24. The maximum absolute atomic E-state index is 6.24. The highest BCUT2D eigenvalue weighted by atomic mass is 35.5. The summed E-state index contributed by atoms with van der Waals surface area (Å²) in [4.78, 5) is 2.42. The SMILES string of the molecule is CC(CN)(Cc1ccccc1Cl)N1CCOCC1. The molecule has 18 heavy (non-hydrogen) atoms. The maximum atomic E-state index is 6.24. The Morgan fingerprint density at radius 3 is 2.61 bits per heavy atom. The second-order valence-corrected chi connectivity index (χ2v) is 5.48. The van der Waals surface area contributed by atoms with E-state index >= 15 is 0 Å². The average molecular weight is 269 g/mol. The molecule has 1 aromatic rings. The van der Waals surface area contributed by atoms with Crippen LogP contribution in [0.1, 0.15) is 12.5 Å². The van der Waals surface area contributed by atoms with E-state index in [1.807, 2.05) is 18.2 Å². The molecule has 1 aliphatic rings. The Morgan fingerprint density at radius 1 is 1.33 bits per heavy atom. The summed E-state index contributed by atoms with van der Waals surface area (Å²) in [6, 6.07) is 8.00. The topological polar surface area (TPSA) is 38.5 Å². The van der Waals surface area contributed by atoms with E-state index in [1.54, 1.807) is 0 Å². The van der Waals surface area contributed by atoms with Gasteiger partial charge in [0.2, 0.25) is 0 Å². The van der Waals surface area contributed by atoms with Crippen LogP contribution in [0.2, 0.25) is 5.02 Å². The van der Waals surface area contributed by atoms with Crippen molar-refractivity contribution in [2.24, 2.45) is 5.73 Å². The van der Waals surface area contributed by atoms with Crippen molar-refractivity contribution in [3.8, 4) is 0 Å². The second kappa shape index (κ2) is 6.02. The van der Waals surface area contributed by atoms with Gasteiger partial charge in [0.25, 0.3) is 0 Å². The molecule has 100 valence electrons. The largest absolute Gasteiger partial charge is 0.379 e. The monoisotopic (exact) mass is 268 g/mol. The van der Waals surface area contributed by atoms with Crippen LogP contribution < -0.4 is 5.73 Å². The van der Waals surface area contributed by atoms with Crippen LogP contribution in [-0.2, 0) is 11.2 Å². The normalized spacial score (nSPS) is 20.6. The van der Waals surface area contributed by atoms with E-state index < -0.39 is 0 Å². The zero-order valence-electron chi connectivity index (χ0n) is 10.9. The summed E-state index contributed by atoms with van der Waals surface area (Å²) in [7, 11) is 0. The molecule has 4 heteroatoms. The number of halogens is 1. The first-order valence-electron chi connectivity index (χ1n) is 6.42. The highest BCUT2D eigenvalue weighted by Crippen LogP contribution is 2.25. The Balaban J connectivity index is 2.14. The highest BCUT2D eigenvalue weighted by Gasteiger charge is 2.32. The highest BCUT2D eigenvalue weighted by molar-refractivity contribution is 6.31. The number of hydrogen-bond donors (Lipinski definition) is 1. The number of hydrogen-bond acceptors (Lipinski definition) is 3. The van der Waals surface area contributed by atoms with Crippen LogP contribution in [0.25, 0.3) is 0 Å². The van der Waals surface area contributed by atoms with Gasteiger partial charge >= 0.3 is 0 Å². The molecule has 1 saturated heterocycles. The zero-order chi connectivity index (χ0) is 13.0. The maximum Gasteiger partial charge on any atom is 0.0594 e. The Morgan fingerprint density at radius 2 is 2.00 bits per heavy atom. The third-order valence-corrected chi connectivity index (χ3v) is 4.11. The third-order valence-electron chi connectivity index (χ3n) is 3.74. The van der Waals surface area contributed by atoms with Crippen LogP contribution in [0.15, 0.2) is 24.3 Å². The van der Waals surface area contributed by atoms with Crippen molar-refractivity contribution in [3.05, 3.63) is 34.9 Å². The molecule has 0 radical (unpaired) electrons. The van der Waals surface area contributed by atoms with Crippen molar-refractivity contribution in [1.82, 2.24) is 4.90 Å². The molecule has 1 fully saturated rings. The minimum Gasteiger partial charge on any atom is -0.379 e. The van der Waals surface area contributed by atoms with Gasteiger partial charge in [0.15, 0.2) is 0 Å². The van der Waals surface area contributed by atoms with E-state index in [0.29, 0.717) is 6.54 Å². The molecule has 0 saturated carbocycles. The predicted octanol–water partition coefficient (Wildman–Crippen LogP) is 1.93. The van der Waals surface area contributed by atoms with Crippen molar-refractivity contribution in [1.29, 1.82) is 0 Å². The first-order valence-corrected chi connectivity index (χ1v) is 6.80. The summed E-state index contributed by atoms with van der Waals surface area (Å²) in [6.45, 7) is 6.30. The van der Waals surface area contributed by atoms with Crippen LogP contribution in [0.5, 0.6) is 0 Å². The number of nitrogens with zero attached hydrogens (tertiary/aromatic N) is 1. The summed E-state index contributed by atoms with van der Waals surface area (Å²) < 4.78 is 5.40. The van der Waals surface area contributed by atoms with Crippen LogP contribution in [0.4, 0.5) is 0 Å². The molecule has 2 N–H and O–H groups in total. The molecule has 3 nitrogen and oxygen atoms in total. The van der Waals surface area contributed by atoms with Gasteiger partial charge in [-0.2, -0.15) is 0 Å². The first kappa shape index (κ1) is 13.8. The number of nitrogens with two attached hydrogens (primary N) is 1. The van der Waals surface area contributed by atoms with Crippen molar-refractivity contribution in [2.75, 3.05) is 32.8 Å². The molecule has 1 unspecified atom stereocenters. The van der Waals surface area contributed by atoms with Gasteiger partial charge in [-0.3, -0.25) is 4.90 Å². The smallest absolute Gasteiger partial charge is 0.0594 e. The number of rotatable bonds is 4. The molecule has 1 aliphatic heterocycles. The van der Waals surface area contributed by atoms with Crippen LogP contribution >= 0.6 is 11.6 Å². The van der Waals surface area contributed by atoms with Crippen molar-refractivity contribution < 1.29 is 4.74 Å². The molecule has 0 aliphatic carbocycles. The van der Waals surface area contributed by atoms with Crippen LogP contribution in [0.3, 0.4) is 0 Å². The fraction of sp³-hybridized carbons (Fsp3) is 0.571. The molecule has 1 aromatic carbocycles. The van der Waals surface area contributed by atoms with Gasteiger partial charge in [-0.1, -0.05) is 29.8 Å². The van der Waals surface area contributed by atoms with Gasteiger partial charge in [-0.15, -0.1) is 0 Å². The van der Waals surface area contributed by atoms with Gasteiger partial charge in [0.05, 0.1) is 13.2 Å². The van der Waals surface area contributed by atoms with E-state index in [4.69, 9.17) is 22.1 Å². The van der Waals surface area contributed by atoms with E-state index in [9.17, 15) is 0 Å².